The van der Waals surface area contributed by atoms with Crippen LogP contribution < -0.4 is 5.32 Å². The number of likely N-dealkylation sites (tertiary alicyclic amines) is 1. The summed E-state index contributed by atoms with van der Waals surface area (Å²) in [5.74, 6) is 0. The summed E-state index contributed by atoms with van der Waals surface area (Å²) in [6.45, 7) is 8.26. The Morgan fingerprint density at radius 3 is 2.82 bits per heavy atom. The van der Waals surface area contributed by atoms with Crippen LogP contribution >= 0.6 is 11.6 Å². The molecule has 0 saturated carbocycles. The maximum atomic E-state index is 6.16. The van der Waals surface area contributed by atoms with Crippen LogP contribution in [0.5, 0.6) is 0 Å². The standard InChI is InChI=1S/C18H28ClN3/c19-17-6-3-5-16(13-17)15-22(18-7-4-8-20-14-18)12-11-21-9-1-2-10-21/h3,5-6,13,18,20H,1-2,4,7-12,14-15H2. The third-order valence-corrected chi connectivity index (χ3v) is 5.20. The molecule has 0 amide bonds. The quantitative estimate of drug-likeness (QED) is 0.869. The van der Waals surface area contributed by atoms with Gasteiger partial charge in [0.15, 0.2) is 0 Å². The summed E-state index contributed by atoms with van der Waals surface area (Å²) in [7, 11) is 0. The smallest absolute Gasteiger partial charge is 0.0409 e. The van der Waals surface area contributed by atoms with Crippen molar-refractivity contribution in [2.24, 2.45) is 0 Å². The van der Waals surface area contributed by atoms with Crippen molar-refractivity contribution in [2.45, 2.75) is 38.3 Å². The topological polar surface area (TPSA) is 18.5 Å². The van der Waals surface area contributed by atoms with E-state index in [1.165, 1.54) is 64.0 Å². The van der Waals surface area contributed by atoms with Crippen molar-refractivity contribution < 1.29 is 0 Å². The second-order valence-electron chi connectivity index (χ2n) is 6.65. The Bertz CT molecular complexity index is 453. The van der Waals surface area contributed by atoms with Gasteiger partial charge in [-0.3, -0.25) is 4.90 Å². The summed E-state index contributed by atoms with van der Waals surface area (Å²) >= 11 is 6.16. The van der Waals surface area contributed by atoms with Crippen LogP contribution in [0.15, 0.2) is 24.3 Å². The summed E-state index contributed by atoms with van der Waals surface area (Å²) in [4.78, 5) is 5.28. The van der Waals surface area contributed by atoms with Crippen molar-refractivity contribution in [2.75, 3.05) is 39.3 Å². The second kappa shape index (κ2) is 8.30. The molecular weight excluding hydrogens is 294 g/mol. The lowest BCUT2D eigenvalue weighted by Crippen LogP contribution is -2.47. The van der Waals surface area contributed by atoms with E-state index in [-0.39, 0.29) is 0 Å². The van der Waals surface area contributed by atoms with Crippen LogP contribution in [-0.4, -0.2) is 55.1 Å². The van der Waals surface area contributed by atoms with E-state index < -0.39 is 0 Å². The van der Waals surface area contributed by atoms with Gasteiger partial charge in [0.05, 0.1) is 0 Å². The second-order valence-corrected chi connectivity index (χ2v) is 7.09. The predicted octanol–water partition coefficient (Wildman–Crippen LogP) is 2.99. The molecule has 1 atom stereocenters. The van der Waals surface area contributed by atoms with Gasteiger partial charge in [-0.1, -0.05) is 23.7 Å². The van der Waals surface area contributed by atoms with E-state index in [4.69, 9.17) is 11.6 Å². The first-order valence-electron chi connectivity index (χ1n) is 8.73. The highest BCUT2D eigenvalue weighted by molar-refractivity contribution is 6.30. The largest absolute Gasteiger partial charge is 0.315 e. The molecule has 2 fully saturated rings. The first kappa shape index (κ1) is 16.3. The highest BCUT2D eigenvalue weighted by Gasteiger charge is 2.22. The van der Waals surface area contributed by atoms with E-state index in [0.717, 1.165) is 18.1 Å². The van der Waals surface area contributed by atoms with Crippen LogP contribution in [0, 0.1) is 0 Å². The van der Waals surface area contributed by atoms with Crippen LogP contribution in [-0.2, 0) is 6.54 Å². The number of benzene rings is 1. The van der Waals surface area contributed by atoms with Crippen molar-refractivity contribution in [3.63, 3.8) is 0 Å². The molecule has 1 aromatic carbocycles. The van der Waals surface area contributed by atoms with Gasteiger partial charge in [0.25, 0.3) is 0 Å². The number of nitrogens with one attached hydrogen (secondary N) is 1. The lowest BCUT2D eigenvalue weighted by Gasteiger charge is -2.35. The summed E-state index contributed by atoms with van der Waals surface area (Å²) in [6.07, 6.45) is 5.35. The molecule has 0 bridgehead atoms. The van der Waals surface area contributed by atoms with Crippen molar-refractivity contribution in [1.29, 1.82) is 0 Å². The Hall–Kier alpha value is -0.610. The summed E-state index contributed by atoms with van der Waals surface area (Å²) in [5.41, 5.74) is 1.33. The molecule has 0 spiro atoms. The molecule has 1 aromatic rings. The molecule has 1 unspecified atom stereocenters. The fourth-order valence-corrected chi connectivity index (χ4v) is 3.89. The third-order valence-electron chi connectivity index (χ3n) is 4.96. The Kier molecular flexibility index (Phi) is 6.13. The normalized spacial score (nSPS) is 23.3. The Morgan fingerprint density at radius 2 is 2.09 bits per heavy atom. The molecule has 0 aliphatic carbocycles. The molecule has 2 aliphatic heterocycles. The zero-order valence-corrected chi connectivity index (χ0v) is 14.2. The average molecular weight is 322 g/mol. The Balaban J connectivity index is 1.61. The summed E-state index contributed by atoms with van der Waals surface area (Å²) in [6, 6.07) is 9.00. The van der Waals surface area contributed by atoms with E-state index in [2.05, 4.69) is 33.3 Å². The zero-order chi connectivity index (χ0) is 15.2. The number of hydrogen-bond donors (Lipinski definition) is 1. The van der Waals surface area contributed by atoms with E-state index in [9.17, 15) is 0 Å². The van der Waals surface area contributed by atoms with Crippen molar-refractivity contribution in [3.05, 3.63) is 34.9 Å². The van der Waals surface area contributed by atoms with E-state index in [1.807, 2.05) is 6.07 Å². The minimum Gasteiger partial charge on any atom is -0.315 e. The van der Waals surface area contributed by atoms with Crippen molar-refractivity contribution in [3.8, 4) is 0 Å². The van der Waals surface area contributed by atoms with Gasteiger partial charge in [-0.05, 0) is 63.0 Å². The number of piperidine rings is 1. The molecule has 122 valence electrons. The molecule has 2 saturated heterocycles. The monoisotopic (exact) mass is 321 g/mol. The van der Waals surface area contributed by atoms with E-state index in [0.29, 0.717) is 6.04 Å². The highest BCUT2D eigenvalue weighted by Crippen LogP contribution is 2.18. The van der Waals surface area contributed by atoms with Gasteiger partial charge in [-0.15, -0.1) is 0 Å². The number of hydrogen-bond acceptors (Lipinski definition) is 3. The summed E-state index contributed by atoms with van der Waals surface area (Å²) < 4.78 is 0. The molecule has 3 rings (SSSR count). The van der Waals surface area contributed by atoms with Gasteiger partial charge in [0, 0.05) is 37.2 Å². The van der Waals surface area contributed by atoms with Crippen LogP contribution in [0.3, 0.4) is 0 Å². The van der Waals surface area contributed by atoms with Gasteiger partial charge >= 0.3 is 0 Å². The minimum absolute atomic E-state index is 0.662. The maximum absolute atomic E-state index is 6.16. The lowest BCUT2D eigenvalue weighted by molar-refractivity contribution is 0.139. The number of rotatable bonds is 6. The van der Waals surface area contributed by atoms with Crippen LogP contribution in [0.25, 0.3) is 0 Å². The fraction of sp³-hybridized carbons (Fsp3) is 0.667. The predicted molar refractivity (Wildman–Crippen MR) is 93.4 cm³/mol. The number of halogens is 1. The average Bonchev–Trinajstić information content (AvgIpc) is 3.06. The molecule has 1 N–H and O–H groups in total. The van der Waals surface area contributed by atoms with E-state index in [1.54, 1.807) is 0 Å². The van der Waals surface area contributed by atoms with Gasteiger partial charge in [-0.2, -0.15) is 0 Å². The molecule has 4 heteroatoms. The molecule has 2 heterocycles. The molecule has 2 aliphatic rings. The fourth-order valence-electron chi connectivity index (χ4n) is 3.68. The summed E-state index contributed by atoms with van der Waals surface area (Å²) in [5, 5.41) is 4.41. The van der Waals surface area contributed by atoms with Gasteiger partial charge < -0.3 is 10.2 Å². The van der Waals surface area contributed by atoms with Gasteiger partial charge in [-0.25, -0.2) is 0 Å². The lowest BCUT2D eigenvalue weighted by atomic mass is 10.0. The molecule has 0 radical (unpaired) electrons. The van der Waals surface area contributed by atoms with Gasteiger partial charge in [0.1, 0.15) is 0 Å². The minimum atomic E-state index is 0.662. The third kappa shape index (κ3) is 4.69. The number of nitrogens with zero attached hydrogens (tertiary/aromatic N) is 2. The van der Waals surface area contributed by atoms with Crippen LogP contribution in [0.1, 0.15) is 31.2 Å². The molecule has 3 nitrogen and oxygen atoms in total. The first-order chi connectivity index (χ1) is 10.8. The first-order valence-corrected chi connectivity index (χ1v) is 9.10. The van der Waals surface area contributed by atoms with Gasteiger partial charge in [0.2, 0.25) is 0 Å². The van der Waals surface area contributed by atoms with Crippen molar-refractivity contribution in [1.82, 2.24) is 15.1 Å². The van der Waals surface area contributed by atoms with Crippen LogP contribution in [0.2, 0.25) is 5.02 Å². The van der Waals surface area contributed by atoms with Crippen molar-refractivity contribution >= 4 is 11.6 Å². The zero-order valence-electron chi connectivity index (χ0n) is 13.4. The molecule has 0 aromatic heterocycles. The maximum Gasteiger partial charge on any atom is 0.0409 e. The molecular formula is C18H28ClN3. The Labute approximate surface area is 139 Å². The van der Waals surface area contributed by atoms with E-state index >= 15 is 0 Å². The molecule has 22 heavy (non-hydrogen) atoms. The Morgan fingerprint density at radius 1 is 1.23 bits per heavy atom. The van der Waals surface area contributed by atoms with Crippen LogP contribution in [0.4, 0.5) is 0 Å². The highest BCUT2D eigenvalue weighted by atomic mass is 35.5. The SMILES string of the molecule is Clc1cccc(CN(CCN2CCCC2)C2CCCNC2)c1.